The zero-order valence-electron chi connectivity index (χ0n) is 13.0. The molecule has 2 N–H and O–H groups in total. The molecule has 1 amide bonds. The molecule has 3 unspecified atom stereocenters. The van der Waals surface area contributed by atoms with E-state index in [2.05, 4.69) is 20.9 Å². The van der Waals surface area contributed by atoms with Crippen LogP contribution >= 0.6 is 0 Å². The molecule has 2 aliphatic carbocycles. The van der Waals surface area contributed by atoms with E-state index in [9.17, 15) is 4.79 Å². The third-order valence-electron chi connectivity index (χ3n) is 5.84. The number of rotatable bonds is 4. The summed E-state index contributed by atoms with van der Waals surface area (Å²) in [5.41, 5.74) is 0.460. The number of carbonyl (C=O) groups excluding carboxylic acids is 1. The second-order valence-electron chi connectivity index (χ2n) is 7.21. The summed E-state index contributed by atoms with van der Waals surface area (Å²) in [7, 11) is 0. The molecule has 2 heterocycles. The molecule has 2 saturated carbocycles. The second kappa shape index (κ2) is 5.99. The molecule has 120 valence electrons. The average molecular weight is 303 g/mol. The van der Waals surface area contributed by atoms with Crippen LogP contribution in [-0.4, -0.2) is 40.5 Å². The molecular formula is C16H25N5O. The highest BCUT2D eigenvalue weighted by Crippen LogP contribution is 2.47. The van der Waals surface area contributed by atoms with Crippen LogP contribution in [0.4, 0.5) is 0 Å². The van der Waals surface area contributed by atoms with Crippen molar-refractivity contribution in [2.24, 2.45) is 17.8 Å². The number of carbonyl (C=O) groups is 1. The van der Waals surface area contributed by atoms with Gasteiger partial charge in [-0.05, 0) is 62.9 Å². The topological polar surface area (TPSA) is 71.8 Å². The highest BCUT2D eigenvalue weighted by molar-refractivity contribution is 5.91. The smallest absolute Gasteiger partial charge is 0.273 e. The van der Waals surface area contributed by atoms with Crippen LogP contribution in [-0.2, 0) is 0 Å². The van der Waals surface area contributed by atoms with Crippen molar-refractivity contribution in [3.05, 3.63) is 11.9 Å². The lowest BCUT2D eigenvalue weighted by atomic mass is 9.89. The van der Waals surface area contributed by atoms with E-state index in [0.717, 1.165) is 44.3 Å². The first-order chi connectivity index (χ1) is 10.8. The van der Waals surface area contributed by atoms with Crippen LogP contribution in [0.15, 0.2) is 6.20 Å². The molecule has 6 heteroatoms. The van der Waals surface area contributed by atoms with Crippen molar-refractivity contribution >= 4 is 5.91 Å². The number of aromatic nitrogens is 3. The molecule has 1 aromatic heterocycles. The van der Waals surface area contributed by atoms with E-state index in [4.69, 9.17) is 0 Å². The van der Waals surface area contributed by atoms with E-state index < -0.39 is 0 Å². The first-order valence-electron chi connectivity index (χ1n) is 8.70. The number of nitrogens with one attached hydrogen (secondary N) is 2. The van der Waals surface area contributed by atoms with Crippen molar-refractivity contribution in [1.29, 1.82) is 0 Å². The Kier molecular flexibility index (Phi) is 3.86. The van der Waals surface area contributed by atoms with Crippen LogP contribution in [0.5, 0.6) is 0 Å². The summed E-state index contributed by atoms with van der Waals surface area (Å²) < 4.78 is 1.87. The summed E-state index contributed by atoms with van der Waals surface area (Å²) in [5.74, 6) is 2.38. The molecule has 6 nitrogen and oxygen atoms in total. The lowest BCUT2D eigenvalue weighted by molar-refractivity contribution is 0.0936. The van der Waals surface area contributed by atoms with Crippen LogP contribution < -0.4 is 10.6 Å². The predicted molar refractivity (Wildman–Crippen MR) is 82.4 cm³/mol. The van der Waals surface area contributed by atoms with Gasteiger partial charge in [-0.3, -0.25) is 4.79 Å². The minimum atomic E-state index is -0.0667. The van der Waals surface area contributed by atoms with Gasteiger partial charge in [0.2, 0.25) is 0 Å². The van der Waals surface area contributed by atoms with Crippen LogP contribution in [0.2, 0.25) is 0 Å². The fourth-order valence-electron chi connectivity index (χ4n) is 4.57. The molecule has 1 aliphatic heterocycles. The van der Waals surface area contributed by atoms with Crippen molar-refractivity contribution < 1.29 is 4.79 Å². The summed E-state index contributed by atoms with van der Waals surface area (Å²) in [6, 6.07) is 0.376. The molecule has 2 bridgehead atoms. The second-order valence-corrected chi connectivity index (χ2v) is 7.21. The van der Waals surface area contributed by atoms with Crippen LogP contribution in [0.1, 0.15) is 55.1 Å². The quantitative estimate of drug-likeness (QED) is 0.881. The Morgan fingerprint density at radius 1 is 1.27 bits per heavy atom. The molecule has 3 atom stereocenters. The van der Waals surface area contributed by atoms with Gasteiger partial charge in [-0.2, -0.15) is 0 Å². The third-order valence-corrected chi connectivity index (χ3v) is 5.84. The summed E-state index contributed by atoms with van der Waals surface area (Å²) >= 11 is 0. The zero-order valence-corrected chi connectivity index (χ0v) is 13.0. The highest BCUT2D eigenvalue weighted by atomic mass is 16.2. The summed E-state index contributed by atoms with van der Waals surface area (Å²) in [5, 5.41) is 14.6. The molecular weight excluding hydrogens is 278 g/mol. The average Bonchev–Trinajstić information content (AvgIpc) is 3.29. The van der Waals surface area contributed by atoms with Gasteiger partial charge in [0, 0.05) is 6.54 Å². The van der Waals surface area contributed by atoms with Crippen LogP contribution in [0.3, 0.4) is 0 Å². The maximum atomic E-state index is 12.3. The maximum absolute atomic E-state index is 12.3. The number of amides is 1. The first-order valence-corrected chi connectivity index (χ1v) is 8.70. The van der Waals surface area contributed by atoms with Crippen molar-refractivity contribution in [3.63, 3.8) is 0 Å². The number of hydrogen-bond acceptors (Lipinski definition) is 4. The van der Waals surface area contributed by atoms with E-state index in [0.29, 0.717) is 17.7 Å². The fraction of sp³-hybridized carbons (Fsp3) is 0.812. The van der Waals surface area contributed by atoms with Gasteiger partial charge in [0.1, 0.15) is 0 Å². The monoisotopic (exact) mass is 303 g/mol. The van der Waals surface area contributed by atoms with Gasteiger partial charge < -0.3 is 10.6 Å². The van der Waals surface area contributed by atoms with E-state index >= 15 is 0 Å². The Labute approximate surface area is 131 Å². The summed E-state index contributed by atoms with van der Waals surface area (Å²) in [6.07, 6.45) is 9.35. The van der Waals surface area contributed by atoms with E-state index in [1.54, 1.807) is 0 Å². The first kappa shape index (κ1) is 14.2. The van der Waals surface area contributed by atoms with Crippen molar-refractivity contribution in [2.45, 2.75) is 44.6 Å². The van der Waals surface area contributed by atoms with Crippen LogP contribution in [0.25, 0.3) is 0 Å². The lowest BCUT2D eigenvalue weighted by Gasteiger charge is -2.22. The van der Waals surface area contributed by atoms with Gasteiger partial charge >= 0.3 is 0 Å². The molecule has 1 aromatic rings. The minimum Gasteiger partial charge on any atom is -0.350 e. The molecule has 0 spiro atoms. The number of fused-ring (bicyclic) bond motifs is 2. The Morgan fingerprint density at radius 2 is 2.14 bits per heavy atom. The molecule has 0 aromatic carbocycles. The van der Waals surface area contributed by atoms with Gasteiger partial charge in [-0.15, -0.1) is 5.10 Å². The van der Waals surface area contributed by atoms with Crippen LogP contribution in [0, 0.1) is 17.8 Å². The van der Waals surface area contributed by atoms with E-state index in [1.807, 2.05) is 10.9 Å². The molecule has 0 radical (unpaired) electrons. The largest absolute Gasteiger partial charge is 0.350 e. The Balaban J connectivity index is 1.31. The van der Waals surface area contributed by atoms with E-state index in [-0.39, 0.29) is 5.91 Å². The van der Waals surface area contributed by atoms with Gasteiger partial charge in [0.05, 0.1) is 12.2 Å². The Hall–Kier alpha value is -1.43. The number of nitrogens with zero attached hydrogens (tertiary/aromatic N) is 3. The maximum Gasteiger partial charge on any atom is 0.273 e. The van der Waals surface area contributed by atoms with Gasteiger partial charge in [0.15, 0.2) is 5.69 Å². The third kappa shape index (κ3) is 2.76. The number of hydrogen-bond donors (Lipinski definition) is 2. The molecule has 3 aliphatic rings. The molecule has 4 rings (SSSR count). The molecule has 3 fully saturated rings. The summed E-state index contributed by atoms with van der Waals surface area (Å²) in [4.78, 5) is 12.3. The molecule has 1 saturated heterocycles. The van der Waals surface area contributed by atoms with Gasteiger partial charge in [-0.25, -0.2) is 4.68 Å². The van der Waals surface area contributed by atoms with Gasteiger partial charge in [-0.1, -0.05) is 11.6 Å². The summed E-state index contributed by atoms with van der Waals surface area (Å²) in [6.45, 7) is 2.83. The van der Waals surface area contributed by atoms with Crippen molar-refractivity contribution in [1.82, 2.24) is 25.6 Å². The predicted octanol–water partition coefficient (Wildman–Crippen LogP) is 1.37. The zero-order chi connectivity index (χ0) is 14.9. The fourth-order valence-corrected chi connectivity index (χ4v) is 4.57. The Morgan fingerprint density at radius 3 is 2.86 bits per heavy atom. The van der Waals surface area contributed by atoms with Crippen molar-refractivity contribution in [3.8, 4) is 0 Å². The van der Waals surface area contributed by atoms with Gasteiger partial charge in [0.25, 0.3) is 5.91 Å². The number of piperidine rings is 1. The van der Waals surface area contributed by atoms with Crippen molar-refractivity contribution in [2.75, 3.05) is 19.6 Å². The highest BCUT2D eigenvalue weighted by Gasteiger charge is 2.39. The minimum absolute atomic E-state index is 0.0667. The van der Waals surface area contributed by atoms with E-state index in [1.165, 1.54) is 25.7 Å². The SMILES string of the molecule is O=C(NCC1CC2CCC1C2)c1cn(C2CCNCC2)nn1. The lowest BCUT2D eigenvalue weighted by Crippen LogP contribution is -2.32. The standard InChI is InChI=1S/C16H25N5O/c22-16(18-9-13-8-11-1-2-12(13)7-11)15-10-21(20-19-15)14-3-5-17-6-4-14/h10-14,17H,1-9H2,(H,18,22). The normalized spacial score (nSPS) is 31.5. The Bertz CT molecular complexity index is 536. The molecule has 22 heavy (non-hydrogen) atoms.